The number of aromatic nitrogens is 2. The number of nitrogen functional groups attached to an aromatic ring is 1. The van der Waals surface area contributed by atoms with E-state index in [9.17, 15) is 0 Å². The minimum atomic E-state index is -1.33. The Morgan fingerprint density at radius 2 is 2.06 bits per heavy atom. The molecule has 1 aromatic heterocycles. The molecule has 6 nitrogen and oxygen atoms in total. The fourth-order valence-electron chi connectivity index (χ4n) is 1.14. The molecule has 1 aromatic carbocycles. The van der Waals surface area contributed by atoms with Crippen molar-refractivity contribution < 1.29 is 9.90 Å². The molecular formula is C10H12N4O2. The molecule has 0 aliphatic heterocycles. The number of benzene rings is 1. The number of primary amides is 1. The van der Waals surface area contributed by atoms with Crippen molar-refractivity contribution in [3.63, 3.8) is 0 Å². The van der Waals surface area contributed by atoms with Gasteiger partial charge in [-0.1, -0.05) is 6.07 Å². The van der Waals surface area contributed by atoms with E-state index in [4.69, 9.17) is 15.6 Å². The molecule has 0 aliphatic carbocycles. The van der Waals surface area contributed by atoms with Crippen LogP contribution in [0.1, 0.15) is 5.69 Å². The van der Waals surface area contributed by atoms with Crippen LogP contribution < -0.4 is 11.5 Å². The summed E-state index contributed by atoms with van der Waals surface area (Å²) in [5.41, 5.74) is 13.0. The zero-order valence-corrected chi connectivity index (χ0v) is 8.71. The molecule has 0 fully saturated rings. The van der Waals surface area contributed by atoms with Gasteiger partial charge in [0.15, 0.2) is 0 Å². The average Bonchev–Trinajstić information content (AvgIpc) is 2.18. The van der Waals surface area contributed by atoms with Crippen LogP contribution in [0, 0.1) is 6.92 Å². The summed E-state index contributed by atoms with van der Waals surface area (Å²) in [6.07, 6.45) is 0.405. The molecule has 0 atom stereocenters. The third kappa shape index (κ3) is 3.09. The number of rotatable bonds is 0. The Bertz CT molecular complexity index is 509. The number of para-hydroxylation sites is 1. The van der Waals surface area contributed by atoms with E-state index in [0.717, 1.165) is 16.7 Å². The second kappa shape index (κ2) is 4.92. The Morgan fingerprint density at radius 1 is 1.44 bits per heavy atom. The fourth-order valence-corrected chi connectivity index (χ4v) is 1.14. The van der Waals surface area contributed by atoms with Crippen molar-refractivity contribution in [2.24, 2.45) is 5.73 Å². The first-order valence-corrected chi connectivity index (χ1v) is 4.47. The number of amides is 1. The first-order valence-electron chi connectivity index (χ1n) is 4.47. The number of hydrogen-bond donors (Lipinski definition) is 3. The summed E-state index contributed by atoms with van der Waals surface area (Å²) in [7, 11) is 0. The first-order chi connectivity index (χ1) is 7.50. The van der Waals surface area contributed by atoms with Crippen molar-refractivity contribution >= 4 is 22.8 Å². The van der Waals surface area contributed by atoms with Crippen molar-refractivity contribution in [3.05, 3.63) is 30.1 Å². The number of carbonyl (C=O) groups is 1. The molecule has 2 aromatic rings. The van der Waals surface area contributed by atoms with E-state index in [1.54, 1.807) is 6.20 Å². The van der Waals surface area contributed by atoms with Crippen LogP contribution in [0.2, 0.25) is 0 Å². The quantitative estimate of drug-likeness (QED) is 0.576. The normalized spacial score (nSPS) is 9.31. The molecule has 0 unspecified atom stereocenters. The smallest absolute Gasteiger partial charge is 0.402 e. The standard InChI is InChI=1S/C9H9N3.CH3NO2/c1-6-5-11-8-4-2-3-7(10)9(8)12-6;2-1(3)4/h2-5H,10H2,1H3;2H2,(H,3,4). The third-order valence-corrected chi connectivity index (χ3v) is 1.72. The summed E-state index contributed by atoms with van der Waals surface area (Å²) < 4.78 is 0. The van der Waals surface area contributed by atoms with Crippen molar-refractivity contribution in [1.82, 2.24) is 9.97 Å². The Morgan fingerprint density at radius 3 is 2.69 bits per heavy atom. The van der Waals surface area contributed by atoms with Gasteiger partial charge in [0.2, 0.25) is 0 Å². The maximum absolute atomic E-state index is 8.78. The van der Waals surface area contributed by atoms with Crippen LogP contribution in [0.5, 0.6) is 0 Å². The minimum Gasteiger partial charge on any atom is -0.465 e. The topological polar surface area (TPSA) is 115 Å². The lowest BCUT2D eigenvalue weighted by atomic mass is 10.2. The first kappa shape index (κ1) is 11.7. The molecule has 0 bridgehead atoms. The second-order valence-electron chi connectivity index (χ2n) is 3.06. The average molecular weight is 220 g/mol. The van der Waals surface area contributed by atoms with Crippen LogP contribution in [0.4, 0.5) is 10.5 Å². The summed E-state index contributed by atoms with van der Waals surface area (Å²) in [5, 5.41) is 7.19. The maximum atomic E-state index is 8.78. The van der Waals surface area contributed by atoms with E-state index in [0.29, 0.717) is 5.69 Å². The molecular weight excluding hydrogens is 208 g/mol. The fraction of sp³-hybridized carbons (Fsp3) is 0.100. The van der Waals surface area contributed by atoms with E-state index in [1.165, 1.54) is 0 Å². The number of hydrogen-bond acceptors (Lipinski definition) is 4. The lowest BCUT2D eigenvalue weighted by Gasteiger charge is -1.99. The highest BCUT2D eigenvalue weighted by molar-refractivity contribution is 5.85. The lowest BCUT2D eigenvalue weighted by molar-refractivity contribution is 0.205. The molecule has 0 aliphatic rings. The molecule has 1 heterocycles. The van der Waals surface area contributed by atoms with Crippen molar-refractivity contribution in [1.29, 1.82) is 0 Å². The van der Waals surface area contributed by atoms with Crippen molar-refractivity contribution in [2.75, 3.05) is 5.73 Å². The van der Waals surface area contributed by atoms with Gasteiger partial charge in [0, 0.05) is 6.20 Å². The third-order valence-electron chi connectivity index (χ3n) is 1.72. The molecule has 0 radical (unpaired) electrons. The van der Waals surface area contributed by atoms with Gasteiger partial charge in [-0.3, -0.25) is 4.98 Å². The van der Waals surface area contributed by atoms with Crippen LogP contribution in [0.3, 0.4) is 0 Å². The van der Waals surface area contributed by atoms with Crippen LogP contribution in [-0.2, 0) is 0 Å². The van der Waals surface area contributed by atoms with Crippen LogP contribution in [0.15, 0.2) is 24.4 Å². The van der Waals surface area contributed by atoms with Crippen molar-refractivity contribution in [3.8, 4) is 0 Å². The number of carboxylic acid groups (broad SMARTS) is 1. The van der Waals surface area contributed by atoms with Gasteiger partial charge in [0.25, 0.3) is 0 Å². The van der Waals surface area contributed by atoms with E-state index in [2.05, 4.69) is 15.7 Å². The molecule has 0 saturated heterocycles. The molecule has 0 spiro atoms. The van der Waals surface area contributed by atoms with Gasteiger partial charge in [-0.2, -0.15) is 0 Å². The predicted octanol–water partition coefficient (Wildman–Crippen LogP) is 1.14. The number of nitrogens with zero attached hydrogens (tertiary/aromatic N) is 2. The molecule has 5 N–H and O–H groups in total. The SMILES string of the molecule is Cc1cnc2cccc(N)c2n1.NC(=O)O. The summed E-state index contributed by atoms with van der Waals surface area (Å²) >= 11 is 0. The molecule has 0 saturated carbocycles. The Balaban J connectivity index is 0.000000280. The number of fused-ring (bicyclic) bond motifs is 1. The van der Waals surface area contributed by atoms with E-state index in [1.807, 2.05) is 25.1 Å². The van der Waals surface area contributed by atoms with Gasteiger partial charge in [0.1, 0.15) is 5.52 Å². The highest BCUT2D eigenvalue weighted by Crippen LogP contribution is 2.15. The van der Waals surface area contributed by atoms with Gasteiger partial charge >= 0.3 is 6.09 Å². The number of nitrogens with two attached hydrogens (primary N) is 2. The maximum Gasteiger partial charge on any atom is 0.402 e. The van der Waals surface area contributed by atoms with E-state index in [-0.39, 0.29) is 0 Å². The molecule has 16 heavy (non-hydrogen) atoms. The molecule has 1 amide bonds. The van der Waals surface area contributed by atoms with Crippen LogP contribution in [-0.4, -0.2) is 21.2 Å². The Labute approximate surface area is 91.9 Å². The van der Waals surface area contributed by atoms with Gasteiger partial charge < -0.3 is 16.6 Å². The van der Waals surface area contributed by atoms with Gasteiger partial charge in [-0.15, -0.1) is 0 Å². The largest absolute Gasteiger partial charge is 0.465 e. The highest BCUT2D eigenvalue weighted by Gasteiger charge is 1.98. The molecule has 84 valence electrons. The summed E-state index contributed by atoms with van der Waals surface area (Å²) in [6, 6.07) is 5.61. The van der Waals surface area contributed by atoms with E-state index < -0.39 is 6.09 Å². The van der Waals surface area contributed by atoms with Crippen molar-refractivity contribution in [2.45, 2.75) is 6.92 Å². The summed E-state index contributed by atoms with van der Waals surface area (Å²) in [5.74, 6) is 0. The van der Waals surface area contributed by atoms with Crippen LogP contribution in [0.25, 0.3) is 11.0 Å². The number of anilines is 1. The zero-order chi connectivity index (χ0) is 12.1. The monoisotopic (exact) mass is 220 g/mol. The number of aryl methyl sites for hydroxylation is 1. The summed E-state index contributed by atoms with van der Waals surface area (Å²) in [6.45, 7) is 1.90. The molecule has 6 heteroatoms. The Hall–Kier alpha value is -2.37. The lowest BCUT2D eigenvalue weighted by Crippen LogP contribution is -2.03. The highest BCUT2D eigenvalue weighted by atomic mass is 16.4. The predicted molar refractivity (Wildman–Crippen MR) is 60.9 cm³/mol. The van der Waals surface area contributed by atoms with E-state index >= 15 is 0 Å². The second-order valence-corrected chi connectivity index (χ2v) is 3.06. The van der Waals surface area contributed by atoms with Gasteiger partial charge in [-0.25, -0.2) is 9.78 Å². The summed E-state index contributed by atoms with van der Waals surface area (Å²) in [4.78, 5) is 17.3. The van der Waals surface area contributed by atoms with Crippen LogP contribution >= 0.6 is 0 Å². The molecule has 2 rings (SSSR count). The zero-order valence-electron chi connectivity index (χ0n) is 8.71. The minimum absolute atomic E-state index is 0.684. The van der Waals surface area contributed by atoms with Gasteiger partial charge in [0.05, 0.1) is 16.9 Å². The Kier molecular flexibility index (Phi) is 3.60. The van der Waals surface area contributed by atoms with Gasteiger partial charge in [-0.05, 0) is 19.1 Å².